The minimum Gasteiger partial charge on any atom is -0.480 e. The maximum atomic E-state index is 12.8. The third-order valence-corrected chi connectivity index (χ3v) is 3.36. The Morgan fingerprint density at radius 2 is 1.68 bits per heavy atom. The molecule has 7 heteroatoms. The average Bonchev–Trinajstić information content (AvgIpc) is 2.48. The van der Waals surface area contributed by atoms with Crippen LogP contribution in [0, 0.1) is 5.82 Å². The van der Waals surface area contributed by atoms with Gasteiger partial charge in [-0.3, -0.25) is 9.59 Å². The molecule has 3 N–H and O–H groups in total. The van der Waals surface area contributed by atoms with E-state index < -0.39 is 23.5 Å². The van der Waals surface area contributed by atoms with Gasteiger partial charge in [0.1, 0.15) is 11.9 Å². The van der Waals surface area contributed by atoms with Crippen LogP contribution in [0.1, 0.15) is 45.6 Å². The molecule has 1 aromatic rings. The number of benzene rings is 1. The van der Waals surface area contributed by atoms with E-state index in [-0.39, 0.29) is 31.0 Å². The van der Waals surface area contributed by atoms with E-state index in [1.54, 1.807) is 12.1 Å². The van der Waals surface area contributed by atoms with Crippen molar-refractivity contribution < 1.29 is 23.9 Å². The van der Waals surface area contributed by atoms with Gasteiger partial charge in [0.15, 0.2) is 0 Å². The molecule has 1 aromatic carbocycles. The van der Waals surface area contributed by atoms with E-state index in [0.29, 0.717) is 6.42 Å². The molecule has 0 aromatic heterocycles. The smallest absolute Gasteiger partial charge is 0.326 e. The number of aryl methyl sites for hydroxylation is 1. The zero-order valence-electron chi connectivity index (χ0n) is 14.8. The second-order valence-electron chi connectivity index (χ2n) is 6.92. The van der Waals surface area contributed by atoms with Crippen molar-refractivity contribution in [3.8, 4) is 0 Å². The van der Waals surface area contributed by atoms with Crippen molar-refractivity contribution in [2.45, 2.75) is 58.0 Å². The van der Waals surface area contributed by atoms with Gasteiger partial charge in [-0.2, -0.15) is 0 Å². The first-order valence-electron chi connectivity index (χ1n) is 8.14. The van der Waals surface area contributed by atoms with Crippen molar-refractivity contribution in [1.82, 2.24) is 10.6 Å². The number of rotatable bonds is 8. The van der Waals surface area contributed by atoms with E-state index in [1.165, 1.54) is 12.1 Å². The third-order valence-electron chi connectivity index (χ3n) is 3.36. The van der Waals surface area contributed by atoms with Gasteiger partial charge in [-0.05, 0) is 51.3 Å². The van der Waals surface area contributed by atoms with Crippen LogP contribution in [0.25, 0.3) is 0 Å². The second kappa shape index (κ2) is 9.15. The van der Waals surface area contributed by atoms with Gasteiger partial charge in [0, 0.05) is 18.4 Å². The molecular weight excluding hydrogens is 327 g/mol. The molecule has 0 unspecified atom stereocenters. The van der Waals surface area contributed by atoms with Gasteiger partial charge >= 0.3 is 5.97 Å². The Kier molecular flexibility index (Phi) is 7.54. The first kappa shape index (κ1) is 20.6. The summed E-state index contributed by atoms with van der Waals surface area (Å²) in [5.74, 6) is -2.22. The molecule has 0 bridgehead atoms. The zero-order valence-corrected chi connectivity index (χ0v) is 14.8. The Labute approximate surface area is 146 Å². The van der Waals surface area contributed by atoms with Gasteiger partial charge in [-0.1, -0.05) is 12.1 Å². The summed E-state index contributed by atoms with van der Waals surface area (Å²) in [6.07, 6.45) is 0.485. The van der Waals surface area contributed by atoms with Crippen LogP contribution in [0.4, 0.5) is 4.39 Å². The Balaban J connectivity index is 2.45. The number of carbonyl (C=O) groups is 3. The largest absolute Gasteiger partial charge is 0.480 e. The van der Waals surface area contributed by atoms with Crippen molar-refractivity contribution in [3.05, 3.63) is 35.6 Å². The van der Waals surface area contributed by atoms with Crippen LogP contribution >= 0.6 is 0 Å². The van der Waals surface area contributed by atoms with E-state index in [9.17, 15) is 23.9 Å². The fraction of sp³-hybridized carbons (Fsp3) is 0.500. The number of nitrogens with one attached hydrogen (secondary N) is 2. The molecule has 0 spiro atoms. The topological polar surface area (TPSA) is 95.5 Å². The minimum atomic E-state index is -1.18. The van der Waals surface area contributed by atoms with Crippen molar-refractivity contribution in [1.29, 1.82) is 0 Å². The molecule has 1 atom stereocenters. The van der Waals surface area contributed by atoms with E-state index in [4.69, 9.17) is 0 Å². The van der Waals surface area contributed by atoms with Gasteiger partial charge in [-0.25, -0.2) is 9.18 Å². The van der Waals surface area contributed by atoms with Gasteiger partial charge in [0.25, 0.3) is 0 Å². The van der Waals surface area contributed by atoms with Crippen molar-refractivity contribution >= 4 is 17.8 Å². The maximum absolute atomic E-state index is 12.8. The van der Waals surface area contributed by atoms with Crippen LogP contribution in [-0.2, 0) is 20.8 Å². The summed E-state index contributed by atoms with van der Waals surface area (Å²) in [7, 11) is 0. The summed E-state index contributed by atoms with van der Waals surface area (Å²) >= 11 is 0. The summed E-state index contributed by atoms with van der Waals surface area (Å²) in [6.45, 7) is 5.49. The van der Waals surface area contributed by atoms with Crippen LogP contribution in [0.2, 0.25) is 0 Å². The highest BCUT2D eigenvalue weighted by atomic mass is 19.1. The lowest BCUT2D eigenvalue weighted by Crippen LogP contribution is -2.44. The average molecular weight is 352 g/mol. The van der Waals surface area contributed by atoms with E-state index in [2.05, 4.69) is 10.6 Å². The Bertz CT molecular complexity index is 608. The molecule has 0 radical (unpaired) electrons. The quantitative estimate of drug-likeness (QED) is 0.667. The van der Waals surface area contributed by atoms with Crippen molar-refractivity contribution in [3.63, 3.8) is 0 Å². The minimum absolute atomic E-state index is 0.00643. The second-order valence-corrected chi connectivity index (χ2v) is 6.92. The lowest BCUT2D eigenvalue weighted by atomic mass is 10.1. The fourth-order valence-electron chi connectivity index (χ4n) is 2.19. The molecule has 2 amide bonds. The lowest BCUT2D eigenvalue weighted by molar-refractivity contribution is -0.142. The molecule has 0 aliphatic carbocycles. The summed E-state index contributed by atoms with van der Waals surface area (Å²) in [6, 6.07) is 4.65. The molecule has 0 aliphatic heterocycles. The molecule has 0 aliphatic rings. The lowest BCUT2D eigenvalue weighted by Gasteiger charge is -2.21. The predicted molar refractivity (Wildman–Crippen MR) is 91.4 cm³/mol. The van der Waals surface area contributed by atoms with Gasteiger partial charge in [0.2, 0.25) is 11.8 Å². The maximum Gasteiger partial charge on any atom is 0.326 e. The molecule has 0 saturated heterocycles. The van der Waals surface area contributed by atoms with E-state index >= 15 is 0 Å². The molecule has 6 nitrogen and oxygen atoms in total. The highest BCUT2D eigenvalue weighted by Crippen LogP contribution is 2.07. The van der Waals surface area contributed by atoms with Gasteiger partial charge in [0.05, 0.1) is 0 Å². The zero-order chi connectivity index (χ0) is 19.0. The van der Waals surface area contributed by atoms with Crippen LogP contribution in [-0.4, -0.2) is 34.5 Å². The molecular formula is C18H25FN2O4. The highest BCUT2D eigenvalue weighted by molar-refractivity contribution is 5.84. The molecule has 0 saturated carbocycles. The number of amides is 2. The van der Waals surface area contributed by atoms with Crippen molar-refractivity contribution in [2.24, 2.45) is 0 Å². The monoisotopic (exact) mass is 352 g/mol. The number of hydrogen-bond acceptors (Lipinski definition) is 3. The van der Waals surface area contributed by atoms with E-state index in [1.807, 2.05) is 20.8 Å². The summed E-state index contributed by atoms with van der Waals surface area (Å²) in [5.41, 5.74) is 0.391. The first-order chi connectivity index (χ1) is 11.6. The van der Waals surface area contributed by atoms with Crippen LogP contribution in [0.3, 0.4) is 0 Å². The Morgan fingerprint density at radius 1 is 1.08 bits per heavy atom. The van der Waals surface area contributed by atoms with Crippen LogP contribution < -0.4 is 10.6 Å². The number of carbonyl (C=O) groups excluding carboxylic acids is 2. The SMILES string of the molecule is CC(C)(C)NC(=O)CC[C@H](NC(=O)CCc1ccc(F)cc1)C(=O)O. The van der Waals surface area contributed by atoms with Crippen LogP contribution in [0.15, 0.2) is 24.3 Å². The predicted octanol–water partition coefficient (Wildman–Crippen LogP) is 2.02. The Morgan fingerprint density at radius 3 is 2.20 bits per heavy atom. The normalized spacial score (nSPS) is 12.3. The Hall–Kier alpha value is -2.44. The van der Waals surface area contributed by atoms with Gasteiger partial charge in [-0.15, -0.1) is 0 Å². The van der Waals surface area contributed by atoms with E-state index in [0.717, 1.165) is 5.56 Å². The number of hydrogen-bond donors (Lipinski definition) is 3. The number of aliphatic carboxylic acids is 1. The summed E-state index contributed by atoms with van der Waals surface area (Å²) in [5, 5.41) is 14.4. The number of halogens is 1. The molecule has 0 heterocycles. The van der Waals surface area contributed by atoms with Crippen molar-refractivity contribution in [2.75, 3.05) is 0 Å². The first-order valence-corrected chi connectivity index (χ1v) is 8.14. The third kappa shape index (κ3) is 8.83. The fourth-order valence-corrected chi connectivity index (χ4v) is 2.19. The van der Waals surface area contributed by atoms with Crippen LogP contribution in [0.5, 0.6) is 0 Å². The molecule has 138 valence electrons. The molecule has 25 heavy (non-hydrogen) atoms. The molecule has 0 fully saturated rings. The highest BCUT2D eigenvalue weighted by Gasteiger charge is 2.22. The number of carboxylic acid groups (broad SMARTS) is 1. The van der Waals surface area contributed by atoms with Gasteiger partial charge < -0.3 is 15.7 Å². The number of carboxylic acids is 1. The standard InChI is InChI=1S/C18H25FN2O4/c1-18(2,3)21-16(23)11-9-14(17(24)25)20-15(22)10-6-12-4-7-13(19)8-5-12/h4-5,7-8,14H,6,9-11H2,1-3H3,(H,20,22)(H,21,23)(H,24,25)/t14-/m0/s1. The summed E-state index contributed by atoms with van der Waals surface area (Å²) < 4.78 is 12.8. The summed E-state index contributed by atoms with van der Waals surface area (Å²) in [4.78, 5) is 34.9. The molecule has 1 rings (SSSR count).